The maximum atomic E-state index is 12.9. The number of aliphatic hydroxyl groups excluding tert-OH is 1. The summed E-state index contributed by atoms with van der Waals surface area (Å²) in [5.74, 6) is -0.462. The number of esters is 1. The molecule has 0 aromatic carbocycles. The highest BCUT2D eigenvalue weighted by molar-refractivity contribution is 5.92. The first-order valence-corrected chi connectivity index (χ1v) is 10.8. The second-order valence-electron chi connectivity index (χ2n) is 10.2. The van der Waals surface area contributed by atoms with Crippen molar-refractivity contribution in [3.8, 4) is 0 Å². The Labute approximate surface area is 171 Å². The third-order valence-corrected chi connectivity index (χ3v) is 8.92. The molecule has 0 saturated heterocycles. The van der Waals surface area contributed by atoms with Gasteiger partial charge in [0.1, 0.15) is 5.60 Å². The highest BCUT2D eigenvalue weighted by Crippen LogP contribution is 2.67. The molecule has 0 spiro atoms. The Balaban J connectivity index is 1.65. The van der Waals surface area contributed by atoms with E-state index in [1.807, 2.05) is 6.92 Å². The van der Waals surface area contributed by atoms with Crippen LogP contribution in [0.5, 0.6) is 0 Å². The number of aliphatic hydroxyl groups is 2. The van der Waals surface area contributed by atoms with Crippen molar-refractivity contribution in [2.75, 3.05) is 6.61 Å². The van der Waals surface area contributed by atoms with E-state index in [9.17, 15) is 24.6 Å². The van der Waals surface area contributed by atoms with Crippen LogP contribution in [0.1, 0.15) is 65.7 Å². The van der Waals surface area contributed by atoms with Crippen LogP contribution in [0.2, 0.25) is 0 Å². The molecule has 7 atom stereocenters. The number of fused-ring (bicyclic) bond motifs is 5. The molecule has 2 N–H and O–H groups in total. The zero-order valence-corrected chi connectivity index (χ0v) is 17.6. The predicted molar refractivity (Wildman–Crippen MR) is 105 cm³/mol. The molecule has 0 aliphatic heterocycles. The van der Waals surface area contributed by atoms with Crippen molar-refractivity contribution < 1.29 is 29.3 Å². The summed E-state index contributed by atoms with van der Waals surface area (Å²) >= 11 is 0. The summed E-state index contributed by atoms with van der Waals surface area (Å²) in [7, 11) is 0. The Morgan fingerprint density at radius 3 is 2.62 bits per heavy atom. The van der Waals surface area contributed by atoms with E-state index in [0.29, 0.717) is 19.3 Å². The topological polar surface area (TPSA) is 101 Å². The van der Waals surface area contributed by atoms with Gasteiger partial charge >= 0.3 is 5.97 Å². The van der Waals surface area contributed by atoms with Gasteiger partial charge in [-0.15, -0.1) is 0 Å². The Bertz CT molecular complexity index is 786. The minimum Gasteiger partial charge on any atom is -0.458 e. The lowest BCUT2D eigenvalue weighted by Gasteiger charge is -2.60. The summed E-state index contributed by atoms with van der Waals surface area (Å²) < 4.78 is 4.89. The van der Waals surface area contributed by atoms with E-state index >= 15 is 0 Å². The lowest BCUT2D eigenvalue weighted by Crippen LogP contribution is -2.62. The van der Waals surface area contributed by atoms with Crippen LogP contribution in [0.4, 0.5) is 0 Å². The van der Waals surface area contributed by atoms with Gasteiger partial charge in [0, 0.05) is 18.8 Å². The summed E-state index contributed by atoms with van der Waals surface area (Å²) in [6, 6.07) is 0. The monoisotopic (exact) mass is 404 g/mol. The average Bonchev–Trinajstić information content (AvgIpc) is 2.91. The predicted octanol–water partition coefficient (Wildman–Crippen LogP) is 2.35. The number of Topliss-reactive ketones (excluding diaryl/α,β-unsaturated/α-hetero) is 1. The second kappa shape index (κ2) is 6.74. The molecule has 4 aliphatic carbocycles. The maximum absolute atomic E-state index is 12.9. The van der Waals surface area contributed by atoms with Crippen molar-refractivity contribution in [2.45, 2.75) is 77.4 Å². The third kappa shape index (κ3) is 2.86. The SMILES string of the molecule is CC(=O)OCC(=O)[C@@]1(O)CC[C@H]2[C@@H]3CCC4=CC(=O)CCC4(C)[C@H]3[C@@H](O)CC21C. The minimum atomic E-state index is -1.58. The molecule has 29 heavy (non-hydrogen) atoms. The molecular weight excluding hydrogens is 372 g/mol. The highest BCUT2D eigenvalue weighted by Gasteiger charge is 2.68. The van der Waals surface area contributed by atoms with E-state index in [4.69, 9.17) is 4.74 Å². The van der Waals surface area contributed by atoms with Crippen molar-refractivity contribution in [3.05, 3.63) is 11.6 Å². The first-order chi connectivity index (χ1) is 13.5. The first kappa shape index (κ1) is 20.7. The molecule has 0 aromatic rings. The molecule has 160 valence electrons. The van der Waals surface area contributed by atoms with Crippen LogP contribution in [0, 0.1) is 28.6 Å². The van der Waals surface area contributed by atoms with E-state index in [1.54, 1.807) is 6.08 Å². The average molecular weight is 405 g/mol. The number of allylic oxidation sites excluding steroid dienone is 1. The quantitative estimate of drug-likeness (QED) is 0.701. The highest BCUT2D eigenvalue weighted by atomic mass is 16.5. The van der Waals surface area contributed by atoms with Crippen LogP contribution in [0.3, 0.4) is 0 Å². The zero-order valence-electron chi connectivity index (χ0n) is 17.6. The number of hydrogen-bond donors (Lipinski definition) is 2. The fourth-order valence-electron chi connectivity index (χ4n) is 7.44. The van der Waals surface area contributed by atoms with Gasteiger partial charge in [0.15, 0.2) is 12.4 Å². The second-order valence-corrected chi connectivity index (χ2v) is 10.2. The van der Waals surface area contributed by atoms with Gasteiger partial charge in [-0.2, -0.15) is 0 Å². The van der Waals surface area contributed by atoms with Crippen LogP contribution in [0.15, 0.2) is 11.6 Å². The minimum absolute atomic E-state index is 0.0413. The number of hydrogen-bond acceptors (Lipinski definition) is 6. The van der Waals surface area contributed by atoms with Gasteiger partial charge in [-0.3, -0.25) is 14.4 Å². The summed E-state index contributed by atoms with van der Waals surface area (Å²) in [5.41, 5.74) is -1.36. The smallest absolute Gasteiger partial charge is 0.303 e. The first-order valence-electron chi connectivity index (χ1n) is 10.8. The van der Waals surface area contributed by atoms with Crippen molar-refractivity contribution in [1.82, 2.24) is 0 Å². The molecule has 0 bridgehead atoms. The number of rotatable bonds is 3. The maximum Gasteiger partial charge on any atom is 0.303 e. The number of carbonyl (C=O) groups is 3. The largest absolute Gasteiger partial charge is 0.458 e. The Kier molecular flexibility index (Phi) is 4.82. The fraction of sp³-hybridized carbons (Fsp3) is 0.783. The van der Waals surface area contributed by atoms with Gasteiger partial charge in [0.25, 0.3) is 0 Å². The molecule has 0 radical (unpaired) electrons. The van der Waals surface area contributed by atoms with E-state index in [-0.39, 0.29) is 29.0 Å². The molecule has 6 heteroatoms. The van der Waals surface area contributed by atoms with Crippen molar-refractivity contribution >= 4 is 17.5 Å². The Morgan fingerprint density at radius 2 is 1.93 bits per heavy atom. The Hall–Kier alpha value is -1.53. The normalized spacial score (nSPS) is 46.2. The molecule has 3 fully saturated rings. The molecule has 2 unspecified atom stereocenters. The van der Waals surface area contributed by atoms with E-state index in [2.05, 4.69) is 6.92 Å². The molecule has 0 amide bonds. The molecule has 3 saturated carbocycles. The van der Waals surface area contributed by atoms with Gasteiger partial charge < -0.3 is 14.9 Å². The van der Waals surface area contributed by atoms with Crippen LogP contribution in [0.25, 0.3) is 0 Å². The number of ketones is 2. The molecular formula is C23H32O6. The lowest BCUT2D eigenvalue weighted by molar-refractivity contribution is -0.184. The lowest BCUT2D eigenvalue weighted by atomic mass is 9.45. The summed E-state index contributed by atoms with van der Waals surface area (Å²) in [5, 5.41) is 22.8. The van der Waals surface area contributed by atoms with Crippen LogP contribution >= 0.6 is 0 Å². The standard InChI is InChI=1S/C23H32O6/c1-13(24)29-12-19(27)23(28)9-7-17-16-5-4-14-10-15(25)6-8-21(14,2)20(16)18(26)11-22(17,23)3/h10,16-18,20,26,28H,4-9,11-12H2,1-3H3/t16-,17-,18-,20+,21?,22?,23-/m0/s1. The summed E-state index contributed by atoms with van der Waals surface area (Å²) in [4.78, 5) is 36.0. The summed E-state index contributed by atoms with van der Waals surface area (Å²) in [6.45, 7) is 4.92. The van der Waals surface area contributed by atoms with Crippen LogP contribution in [-0.2, 0) is 19.1 Å². The van der Waals surface area contributed by atoms with Gasteiger partial charge in [-0.05, 0) is 67.8 Å². The zero-order chi connectivity index (χ0) is 21.2. The van der Waals surface area contributed by atoms with Gasteiger partial charge in [-0.25, -0.2) is 0 Å². The molecule has 6 nitrogen and oxygen atoms in total. The van der Waals surface area contributed by atoms with Gasteiger partial charge in [0.05, 0.1) is 6.10 Å². The number of ether oxygens (including phenoxy) is 1. The van der Waals surface area contributed by atoms with Gasteiger partial charge in [-0.1, -0.05) is 19.4 Å². The summed E-state index contributed by atoms with van der Waals surface area (Å²) in [6.07, 6.45) is 5.54. The van der Waals surface area contributed by atoms with Crippen molar-refractivity contribution in [1.29, 1.82) is 0 Å². The van der Waals surface area contributed by atoms with Crippen LogP contribution in [-0.4, -0.2) is 46.1 Å². The third-order valence-electron chi connectivity index (χ3n) is 8.92. The van der Waals surface area contributed by atoms with Crippen molar-refractivity contribution in [2.24, 2.45) is 28.6 Å². The molecule has 0 heterocycles. The van der Waals surface area contributed by atoms with E-state index in [0.717, 1.165) is 31.3 Å². The van der Waals surface area contributed by atoms with Crippen LogP contribution < -0.4 is 0 Å². The van der Waals surface area contributed by atoms with E-state index < -0.39 is 35.5 Å². The van der Waals surface area contributed by atoms with E-state index in [1.165, 1.54) is 6.92 Å². The fourth-order valence-corrected chi connectivity index (χ4v) is 7.44. The molecule has 0 aromatic heterocycles. The van der Waals surface area contributed by atoms with Gasteiger partial charge in [0.2, 0.25) is 5.78 Å². The molecule has 4 rings (SSSR count). The molecule has 4 aliphatic rings. The van der Waals surface area contributed by atoms with Crippen molar-refractivity contribution in [3.63, 3.8) is 0 Å². The number of carbonyl (C=O) groups excluding carboxylic acids is 3. The Morgan fingerprint density at radius 1 is 1.21 bits per heavy atom.